The lowest BCUT2D eigenvalue weighted by atomic mass is 10.0. The largest absolute Gasteiger partial charge is 0.472 e. The monoisotopic (exact) mass is 1450 g/mol. The van der Waals surface area contributed by atoms with Crippen LogP contribution in [0.5, 0.6) is 0 Å². The lowest BCUT2D eigenvalue weighted by Crippen LogP contribution is -2.30. The molecule has 0 amide bonds. The number of aliphatic hydroxyl groups excluding tert-OH is 1. The van der Waals surface area contributed by atoms with Gasteiger partial charge in [-0.3, -0.25) is 37.3 Å². The number of esters is 4. The van der Waals surface area contributed by atoms with Crippen LogP contribution < -0.4 is 0 Å². The molecule has 0 saturated heterocycles. The van der Waals surface area contributed by atoms with Gasteiger partial charge in [-0.25, -0.2) is 9.13 Å². The minimum atomic E-state index is -4.99. The summed E-state index contributed by atoms with van der Waals surface area (Å²) in [6.07, 6.45) is 78.0. The third kappa shape index (κ3) is 72.1. The van der Waals surface area contributed by atoms with Crippen LogP contribution in [0.3, 0.4) is 0 Å². The summed E-state index contributed by atoms with van der Waals surface area (Å²) in [5, 5.41) is 10.6. The summed E-state index contributed by atoms with van der Waals surface area (Å²) in [7, 11) is -9.97. The Morgan fingerprint density at radius 1 is 0.290 bits per heavy atom. The van der Waals surface area contributed by atoms with Crippen molar-refractivity contribution in [3.63, 3.8) is 0 Å². The molecule has 19 heteroatoms. The summed E-state index contributed by atoms with van der Waals surface area (Å²) in [4.78, 5) is 72.9. The number of aliphatic hydroxyl groups is 1. The van der Waals surface area contributed by atoms with Crippen LogP contribution in [0, 0.1) is 0 Å². The molecule has 0 saturated carbocycles. The minimum absolute atomic E-state index is 0.0837. The Balaban J connectivity index is 5.41. The number of carbonyl (C=O) groups is 4. The summed E-state index contributed by atoms with van der Waals surface area (Å²) in [5.74, 6) is -2.27. The Labute approximate surface area is 607 Å². The van der Waals surface area contributed by atoms with Gasteiger partial charge in [0.2, 0.25) is 0 Å². The zero-order valence-electron chi connectivity index (χ0n) is 62.8. The molecule has 0 aromatic heterocycles. The van der Waals surface area contributed by atoms with Gasteiger partial charge in [-0.15, -0.1) is 0 Å². The summed E-state index contributed by atoms with van der Waals surface area (Å²) in [5.41, 5.74) is 0. The Bertz CT molecular complexity index is 2320. The Morgan fingerprint density at radius 2 is 0.530 bits per heavy atom. The van der Waals surface area contributed by atoms with Crippen molar-refractivity contribution in [1.29, 1.82) is 0 Å². The van der Waals surface area contributed by atoms with Gasteiger partial charge in [0.15, 0.2) is 12.2 Å². The molecule has 0 aliphatic heterocycles. The average molecular weight is 1450 g/mol. The molecular weight excluding hydrogens is 1310 g/mol. The molecule has 0 bridgehead atoms. The molecule has 0 aliphatic rings. The van der Waals surface area contributed by atoms with E-state index in [-0.39, 0.29) is 25.7 Å². The van der Waals surface area contributed by atoms with Gasteiger partial charge in [0.25, 0.3) is 0 Å². The zero-order valence-corrected chi connectivity index (χ0v) is 64.6. The van der Waals surface area contributed by atoms with Gasteiger partial charge in [0.1, 0.15) is 19.3 Å². The van der Waals surface area contributed by atoms with E-state index in [1.807, 2.05) is 12.2 Å². The number of carbonyl (C=O) groups excluding carboxylic acids is 4. The van der Waals surface area contributed by atoms with Crippen LogP contribution in [0.25, 0.3) is 0 Å². The van der Waals surface area contributed by atoms with Crippen LogP contribution in [-0.4, -0.2) is 96.7 Å². The lowest BCUT2D eigenvalue weighted by Gasteiger charge is -2.21. The second kappa shape index (κ2) is 73.0. The van der Waals surface area contributed by atoms with E-state index in [4.69, 9.17) is 37.0 Å². The van der Waals surface area contributed by atoms with Gasteiger partial charge in [-0.2, -0.15) is 0 Å². The number of allylic oxidation sites excluding steroid dienone is 18. The molecule has 0 heterocycles. The highest BCUT2D eigenvalue weighted by Gasteiger charge is 2.30. The predicted molar refractivity (Wildman–Crippen MR) is 408 cm³/mol. The Kier molecular flexibility index (Phi) is 69.9. The third-order valence-electron chi connectivity index (χ3n) is 16.3. The fraction of sp³-hybridized carbons (Fsp3) is 0.728. The standard InChI is InChI=1S/C81H140O17P2/c1-5-9-13-17-21-25-29-33-36-37-40-43-46-50-54-58-62-66-79(84)92-72-77(98-81(86)68-64-60-56-52-48-44-39-35-31-27-23-19-15-11-7-3)74-96-100(89,90)94-70-75(82)69-93-99(87,88)95-73-76(97-80(85)67-63-59-55-51-47-41-32-28-24-20-16-12-8-4)71-91-78(83)65-61-57-53-49-45-42-38-34-30-26-22-18-14-10-6-2/h9-10,13-14,21-22,25-26,33-34,36,38,40,43,45,49-50,54,75-77,82H,5-8,11-12,15-20,23-24,27-32,35,37,39,41-42,44,46-48,51-53,55-74H2,1-4H3,(H,87,88)(H,89,90)/b13-9-,14-10-,25-21-,26-22-,36-33-,38-34-,43-40-,49-45-,54-50-. The highest BCUT2D eigenvalue weighted by molar-refractivity contribution is 7.47. The highest BCUT2D eigenvalue weighted by atomic mass is 31.2. The maximum Gasteiger partial charge on any atom is 0.472 e. The van der Waals surface area contributed by atoms with Gasteiger partial charge < -0.3 is 33.8 Å². The van der Waals surface area contributed by atoms with Crippen LogP contribution in [0.4, 0.5) is 0 Å². The summed E-state index contributed by atoms with van der Waals surface area (Å²) < 4.78 is 68.5. The molecule has 5 unspecified atom stereocenters. The number of unbranched alkanes of at least 4 members (excludes halogenated alkanes) is 29. The van der Waals surface area contributed by atoms with E-state index in [9.17, 15) is 43.2 Å². The third-order valence-corrected chi connectivity index (χ3v) is 18.2. The van der Waals surface area contributed by atoms with Gasteiger partial charge in [-0.1, -0.05) is 304 Å². The molecule has 100 heavy (non-hydrogen) atoms. The molecule has 17 nitrogen and oxygen atoms in total. The van der Waals surface area contributed by atoms with E-state index in [0.717, 1.165) is 122 Å². The van der Waals surface area contributed by atoms with E-state index in [1.165, 1.54) is 116 Å². The van der Waals surface area contributed by atoms with Crippen LogP contribution >= 0.6 is 15.6 Å². The van der Waals surface area contributed by atoms with Crippen molar-refractivity contribution in [2.75, 3.05) is 39.6 Å². The summed E-state index contributed by atoms with van der Waals surface area (Å²) in [6, 6.07) is 0. The maximum atomic E-state index is 13.1. The van der Waals surface area contributed by atoms with Crippen molar-refractivity contribution in [2.24, 2.45) is 0 Å². The van der Waals surface area contributed by atoms with Crippen molar-refractivity contribution < 1.29 is 80.2 Å². The number of hydrogen-bond acceptors (Lipinski definition) is 15. The summed E-state index contributed by atoms with van der Waals surface area (Å²) >= 11 is 0. The first-order valence-electron chi connectivity index (χ1n) is 39.1. The fourth-order valence-electron chi connectivity index (χ4n) is 10.4. The van der Waals surface area contributed by atoms with Gasteiger partial charge in [0.05, 0.1) is 26.4 Å². The van der Waals surface area contributed by atoms with Crippen molar-refractivity contribution in [3.8, 4) is 0 Å². The predicted octanol–water partition coefficient (Wildman–Crippen LogP) is 22.6. The zero-order chi connectivity index (χ0) is 73.2. The fourth-order valence-corrected chi connectivity index (χ4v) is 11.9. The topological polar surface area (TPSA) is 237 Å². The van der Waals surface area contributed by atoms with Crippen molar-refractivity contribution >= 4 is 39.5 Å². The van der Waals surface area contributed by atoms with Crippen molar-refractivity contribution in [2.45, 2.75) is 341 Å². The van der Waals surface area contributed by atoms with Gasteiger partial charge in [-0.05, 0) is 103 Å². The smallest absolute Gasteiger partial charge is 0.462 e. The van der Waals surface area contributed by atoms with Crippen LogP contribution in [0.1, 0.15) is 323 Å². The molecule has 0 aromatic rings. The number of ether oxygens (including phenoxy) is 4. The Morgan fingerprint density at radius 3 is 0.840 bits per heavy atom. The average Bonchev–Trinajstić information content (AvgIpc) is 1.06. The quantitative estimate of drug-likeness (QED) is 0.0169. The highest BCUT2D eigenvalue weighted by Crippen LogP contribution is 2.45. The van der Waals surface area contributed by atoms with Crippen molar-refractivity contribution in [3.05, 3.63) is 109 Å². The van der Waals surface area contributed by atoms with E-state index >= 15 is 0 Å². The second-order valence-corrected chi connectivity index (χ2v) is 28.8. The number of hydrogen-bond donors (Lipinski definition) is 3. The molecule has 3 N–H and O–H groups in total. The van der Waals surface area contributed by atoms with Gasteiger partial charge >= 0.3 is 39.5 Å². The van der Waals surface area contributed by atoms with Crippen LogP contribution in [0.2, 0.25) is 0 Å². The molecular formula is C81H140O17P2. The van der Waals surface area contributed by atoms with Crippen LogP contribution in [-0.2, 0) is 65.4 Å². The lowest BCUT2D eigenvalue weighted by molar-refractivity contribution is -0.161. The molecule has 0 radical (unpaired) electrons. The molecule has 0 spiro atoms. The van der Waals surface area contributed by atoms with Gasteiger partial charge in [0, 0.05) is 25.7 Å². The molecule has 0 fully saturated rings. The Hall–Kier alpha value is -4.28. The second-order valence-electron chi connectivity index (χ2n) is 25.9. The molecule has 576 valence electrons. The normalized spacial score (nSPS) is 14.5. The maximum absolute atomic E-state index is 13.1. The number of rotatable bonds is 73. The van der Waals surface area contributed by atoms with E-state index in [2.05, 4.69) is 125 Å². The number of phosphoric acid groups is 2. The molecule has 5 atom stereocenters. The minimum Gasteiger partial charge on any atom is -0.462 e. The first kappa shape index (κ1) is 95.7. The van der Waals surface area contributed by atoms with E-state index < -0.39 is 97.5 Å². The molecule has 0 aromatic carbocycles. The molecule has 0 rings (SSSR count). The molecule has 0 aliphatic carbocycles. The van der Waals surface area contributed by atoms with Crippen molar-refractivity contribution in [1.82, 2.24) is 0 Å². The van der Waals surface area contributed by atoms with E-state index in [1.54, 1.807) is 0 Å². The first-order chi connectivity index (χ1) is 48.7. The first-order valence-corrected chi connectivity index (χ1v) is 42.1. The summed E-state index contributed by atoms with van der Waals surface area (Å²) in [6.45, 7) is 4.57. The van der Waals surface area contributed by atoms with Crippen LogP contribution in [0.15, 0.2) is 109 Å². The van der Waals surface area contributed by atoms with E-state index in [0.29, 0.717) is 32.1 Å². The number of phosphoric ester groups is 2. The SMILES string of the molecule is CC/C=C\C/C=C\C/C=C\C/C=C\C/C=C\CCCC(=O)OCC(COP(=O)(O)OCC(O)COP(=O)(O)OCC(COC(=O)CCCC/C=C\C/C=C\C/C=C\C/C=C\CC)OC(=O)CCCCCCCCCCCCCCC)OC(=O)CCCCCCCCCCCCCCCCC.